The molecule has 156 valence electrons. The Morgan fingerprint density at radius 1 is 1.21 bits per heavy atom. The Balaban J connectivity index is 0.00000392. The number of alkyl halides is 2. The number of hydrogen-bond donors (Lipinski definition) is 2. The summed E-state index contributed by atoms with van der Waals surface area (Å²) in [6.07, 6.45) is 5.32. The van der Waals surface area contributed by atoms with Gasteiger partial charge < -0.3 is 19.9 Å². The molecule has 0 aliphatic rings. The van der Waals surface area contributed by atoms with Gasteiger partial charge in [0.2, 0.25) is 0 Å². The fourth-order valence-electron chi connectivity index (χ4n) is 2.51. The van der Waals surface area contributed by atoms with Crippen LogP contribution in [-0.2, 0) is 13.1 Å². The van der Waals surface area contributed by atoms with Crippen molar-refractivity contribution in [2.75, 3.05) is 13.1 Å². The van der Waals surface area contributed by atoms with E-state index in [0.29, 0.717) is 18.1 Å². The highest BCUT2D eigenvalue weighted by Crippen LogP contribution is 2.22. The highest BCUT2D eigenvalue weighted by Gasteiger charge is 2.10. The number of benzene rings is 1. The zero-order valence-electron chi connectivity index (χ0n) is 16.1. The van der Waals surface area contributed by atoms with Crippen LogP contribution in [0.15, 0.2) is 35.8 Å². The van der Waals surface area contributed by atoms with Gasteiger partial charge in [-0.15, -0.1) is 34.2 Å². The van der Waals surface area contributed by atoms with E-state index in [2.05, 4.69) is 30.6 Å². The monoisotopic (exact) mass is 508 g/mol. The van der Waals surface area contributed by atoms with Crippen LogP contribution in [0.2, 0.25) is 0 Å². The summed E-state index contributed by atoms with van der Waals surface area (Å²) >= 11 is 0. The molecule has 2 N–H and O–H groups in total. The molecule has 0 saturated carbocycles. The highest BCUT2D eigenvalue weighted by molar-refractivity contribution is 14.0. The van der Waals surface area contributed by atoms with E-state index in [-0.39, 0.29) is 36.3 Å². The maximum absolute atomic E-state index is 12.6. The molecule has 0 unspecified atom stereocenters. The topological polar surface area (TPSA) is 76.4 Å². The Hall–Kier alpha value is -1.98. The fourth-order valence-corrected chi connectivity index (χ4v) is 2.51. The minimum Gasteiger partial charge on any atom is -0.434 e. The summed E-state index contributed by atoms with van der Waals surface area (Å²) in [5, 5.41) is 14.0. The maximum Gasteiger partial charge on any atom is 0.387 e. The Bertz CT molecular complexity index is 712. The number of aliphatic imine (C=N–C) groups is 1. The van der Waals surface area contributed by atoms with Gasteiger partial charge in [-0.2, -0.15) is 8.78 Å². The average Bonchev–Trinajstić information content (AvgIpc) is 3.14. The van der Waals surface area contributed by atoms with Crippen molar-refractivity contribution in [3.63, 3.8) is 0 Å². The lowest BCUT2D eigenvalue weighted by atomic mass is 10.1. The highest BCUT2D eigenvalue weighted by atomic mass is 127. The van der Waals surface area contributed by atoms with Crippen LogP contribution in [-0.4, -0.2) is 40.4 Å². The van der Waals surface area contributed by atoms with Gasteiger partial charge in [-0.3, -0.25) is 0 Å². The number of unbranched alkanes of at least 4 members (excludes halogenated alkanes) is 1. The minimum atomic E-state index is -2.85. The zero-order chi connectivity index (χ0) is 19.5. The third kappa shape index (κ3) is 8.81. The Labute approximate surface area is 181 Å². The summed E-state index contributed by atoms with van der Waals surface area (Å²) in [5.41, 5.74) is 1.59. The summed E-state index contributed by atoms with van der Waals surface area (Å²) in [6.45, 7) is 3.59. The second-order valence-corrected chi connectivity index (χ2v) is 6.02. The van der Waals surface area contributed by atoms with Gasteiger partial charge in [0.1, 0.15) is 18.4 Å². The number of hydrogen-bond acceptors (Lipinski definition) is 4. The smallest absolute Gasteiger partial charge is 0.387 e. The van der Waals surface area contributed by atoms with Gasteiger partial charge in [0.15, 0.2) is 5.96 Å². The van der Waals surface area contributed by atoms with E-state index in [1.807, 2.05) is 24.5 Å². The van der Waals surface area contributed by atoms with Gasteiger partial charge in [0, 0.05) is 25.2 Å². The van der Waals surface area contributed by atoms with E-state index in [9.17, 15) is 8.78 Å². The first kappa shape index (κ1) is 24.1. The number of nitrogens with zero attached hydrogens (tertiary/aromatic N) is 4. The van der Waals surface area contributed by atoms with Crippen LogP contribution in [0.5, 0.6) is 5.75 Å². The van der Waals surface area contributed by atoms with Crippen molar-refractivity contribution in [1.82, 2.24) is 25.4 Å². The number of halogens is 3. The molecule has 0 aliphatic carbocycles. The van der Waals surface area contributed by atoms with Gasteiger partial charge in [-0.1, -0.05) is 17.7 Å². The predicted molar refractivity (Wildman–Crippen MR) is 115 cm³/mol. The average molecular weight is 508 g/mol. The van der Waals surface area contributed by atoms with Crippen LogP contribution in [0.1, 0.15) is 30.9 Å². The van der Waals surface area contributed by atoms with E-state index < -0.39 is 6.61 Å². The molecular formula is C18H27F2IN6O. The first-order valence-electron chi connectivity index (χ1n) is 8.97. The SMILES string of the molecule is CCNC(=NCc1cc(C)ccc1OC(F)F)NCCCCn1cnnc1.I. The van der Waals surface area contributed by atoms with Crippen molar-refractivity contribution in [1.29, 1.82) is 0 Å². The summed E-state index contributed by atoms with van der Waals surface area (Å²) < 4.78 is 31.7. The van der Waals surface area contributed by atoms with Gasteiger partial charge in [0.05, 0.1) is 6.54 Å². The summed E-state index contributed by atoms with van der Waals surface area (Å²) in [7, 11) is 0. The largest absolute Gasteiger partial charge is 0.434 e. The first-order chi connectivity index (χ1) is 13.1. The van der Waals surface area contributed by atoms with Crippen LogP contribution in [0.25, 0.3) is 0 Å². The maximum atomic E-state index is 12.6. The van der Waals surface area contributed by atoms with Crippen molar-refractivity contribution in [2.24, 2.45) is 4.99 Å². The molecule has 0 fully saturated rings. The Morgan fingerprint density at radius 3 is 2.64 bits per heavy atom. The number of ether oxygens (including phenoxy) is 1. The zero-order valence-corrected chi connectivity index (χ0v) is 18.4. The quantitative estimate of drug-likeness (QED) is 0.223. The number of guanidine groups is 1. The van der Waals surface area contributed by atoms with Crippen LogP contribution >= 0.6 is 24.0 Å². The summed E-state index contributed by atoms with van der Waals surface area (Å²) in [5.74, 6) is 0.801. The molecule has 0 spiro atoms. The molecule has 28 heavy (non-hydrogen) atoms. The van der Waals surface area contributed by atoms with Crippen molar-refractivity contribution in [3.05, 3.63) is 42.0 Å². The molecule has 0 saturated heterocycles. The molecule has 0 bridgehead atoms. The van der Waals surface area contributed by atoms with Crippen LogP contribution in [0, 0.1) is 6.92 Å². The van der Waals surface area contributed by atoms with Crippen LogP contribution in [0.3, 0.4) is 0 Å². The fraction of sp³-hybridized carbons (Fsp3) is 0.500. The van der Waals surface area contributed by atoms with Crippen LogP contribution < -0.4 is 15.4 Å². The second-order valence-electron chi connectivity index (χ2n) is 6.02. The third-order valence-electron chi connectivity index (χ3n) is 3.79. The number of aryl methyl sites for hydroxylation is 2. The van der Waals surface area contributed by atoms with Gasteiger partial charge in [-0.25, -0.2) is 4.99 Å². The number of nitrogens with one attached hydrogen (secondary N) is 2. The van der Waals surface area contributed by atoms with Crippen LogP contribution in [0.4, 0.5) is 8.78 Å². The molecule has 1 aromatic carbocycles. The third-order valence-corrected chi connectivity index (χ3v) is 3.79. The molecule has 1 heterocycles. The van der Waals surface area contributed by atoms with Crippen molar-refractivity contribution < 1.29 is 13.5 Å². The standard InChI is InChI=1S/C18H26F2N6O.HI/c1-3-21-18(22-8-4-5-9-26-12-24-25-13-26)23-11-15-10-14(2)6-7-16(15)27-17(19)20;/h6-7,10,12-13,17H,3-5,8-9,11H2,1-2H3,(H2,21,22,23);1H. The van der Waals surface area contributed by atoms with Gasteiger partial charge in [-0.05, 0) is 32.8 Å². The molecule has 2 rings (SSSR count). The lowest BCUT2D eigenvalue weighted by Gasteiger charge is -2.13. The minimum absolute atomic E-state index is 0. The number of aromatic nitrogens is 3. The van der Waals surface area contributed by atoms with Crippen molar-refractivity contribution in [2.45, 2.75) is 46.4 Å². The molecule has 0 radical (unpaired) electrons. The normalized spacial score (nSPS) is 11.2. The summed E-state index contributed by atoms with van der Waals surface area (Å²) in [6, 6.07) is 5.10. The lowest BCUT2D eigenvalue weighted by molar-refractivity contribution is -0.0504. The lowest BCUT2D eigenvalue weighted by Crippen LogP contribution is -2.37. The molecule has 0 amide bonds. The van der Waals surface area contributed by atoms with E-state index in [0.717, 1.165) is 31.5 Å². The predicted octanol–water partition coefficient (Wildman–Crippen LogP) is 3.34. The molecule has 2 aromatic rings. The second kappa shape index (κ2) is 13.2. The molecule has 0 atom stereocenters. The molecule has 10 heteroatoms. The molecule has 7 nitrogen and oxygen atoms in total. The molecule has 1 aromatic heterocycles. The first-order valence-corrected chi connectivity index (χ1v) is 8.97. The van der Waals surface area contributed by atoms with Crippen molar-refractivity contribution >= 4 is 29.9 Å². The molecular weight excluding hydrogens is 481 g/mol. The van der Waals surface area contributed by atoms with E-state index in [1.54, 1.807) is 24.8 Å². The van der Waals surface area contributed by atoms with Gasteiger partial charge in [0.25, 0.3) is 0 Å². The van der Waals surface area contributed by atoms with E-state index in [4.69, 9.17) is 0 Å². The van der Waals surface area contributed by atoms with E-state index in [1.165, 1.54) is 0 Å². The Morgan fingerprint density at radius 2 is 1.96 bits per heavy atom. The van der Waals surface area contributed by atoms with E-state index >= 15 is 0 Å². The Kier molecular flexibility index (Phi) is 11.4. The number of rotatable bonds is 10. The molecule has 0 aliphatic heterocycles. The van der Waals surface area contributed by atoms with Crippen molar-refractivity contribution in [3.8, 4) is 5.75 Å². The van der Waals surface area contributed by atoms with Gasteiger partial charge >= 0.3 is 6.61 Å². The summed E-state index contributed by atoms with van der Waals surface area (Å²) in [4.78, 5) is 4.48.